The molecule has 1 amide bonds. The van der Waals surface area contributed by atoms with Gasteiger partial charge in [-0.1, -0.05) is 25.0 Å². The molecule has 148 valence electrons. The van der Waals surface area contributed by atoms with E-state index in [1.807, 2.05) is 12.1 Å². The molecule has 3 rings (SSSR count). The van der Waals surface area contributed by atoms with Crippen LogP contribution < -0.4 is 10.2 Å². The lowest BCUT2D eigenvalue weighted by molar-refractivity contribution is -0.143. The second-order valence-corrected chi connectivity index (χ2v) is 6.79. The van der Waals surface area contributed by atoms with Crippen molar-refractivity contribution in [3.63, 3.8) is 0 Å². The van der Waals surface area contributed by atoms with Gasteiger partial charge in [-0.3, -0.25) is 4.79 Å². The zero-order chi connectivity index (χ0) is 19.6. The minimum absolute atomic E-state index is 0.266. The van der Waals surface area contributed by atoms with Crippen LogP contribution in [0.3, 0.4) is 0 Å². The maximum atomic E-state index is 11.8. The van der Waals surface area contributed by atoms with Crippen LogP contribution in [0.15, 0.2) is 53.2 Å². The molecule has 1 fully saturated rings. The Bertz CT molecular complexity index is 773. The van der Waals surface area contributed by atoms with Crippen LogP contribution in [0.1, 0.15) is 37.0 Å². The highest BCUT2D eigenvalue weighted by Gasteiger charge is 2.09. The fourth-order valence-corrected chi connectivity index (χ4v) is 3.12. The van der Waals surface area contributed by atoms with E-state index in [4.69, 9.17) is 9.15 Å². The Morgan fingerprint density at radius 1 is 1.07 bits per heavy atom. The molecular formula is C22H26N2O4. The first kappa shape index (κ1) is 19.7. The molecule has 2 heterocycles. The van der Waals surface area contributed by atoms with Gasteiger partial charge in [-0.25, -0.2) is 4.79 Å². The number of amides is 1. The van der Waals surface area contributed by atoms with Crippen molar-refractivity contribution in [2.75, 3.05) is 24.6 Å². The molecule has 1 aliphatic rings. The van der Waals surface area contributed by atoms with Crippen LogP contribution in [0.25, 0.3) is 6.08 Å². The Labute approximate surface area is 165 Å². The number of benzene rings is 1. The molecule has 0 bridgehead atoms. The van der Waals surface area contributed by atoms with Gasteiger partial charge in [0.15, 0.2) is 6.61 Å². The van der Waals surface area contributed by atoms with Crippen LogP contribution in [0, 0.1) is 0 Å². The number of anilines is 1. The average Bonchev–Trinajstić information content (AvgIpc) is 3.10. The molecule has 1 aromatic heterocycles. The summed E-state index contributed by atoms with van der Waals surface area (Å²) >= 11 is 0. The van der Waals surface area contributed by atoms with Crippen molar-refractivity contribution >= 4 is 23.6 Å². The molecule has 6 nitrogen and oxygen atoms in total. The number of furan rings is 1. The Morgan fingerprint density at radius 3 is 2.50 bits per heavy atom. The molecule has 0 unspecified atom stereocenters. The third-order valence-corrected chi connectivity index (χ3v) is 4.66. The van der Waals surface area contributed by atoms with E-state index in [9.17, 15) is 9.59 Å². The largest absolute Gasteiger partial charge is 0.467 e. The maximum Gasteiger partial charge on any atom is 0.331 e. The van der Waals surface area contributed by atoms with Gasteiger partial charge < -0.3 is 19.4 Å². The van der Waals surface area contributed by atoms with Crippen molar-refractivity contribution in [2.24, 2.45) is 0 Å². The summed E-state index contributed by atoms with van der Waals surface area (Å²) in [4.78, 5) is 25.9. The standard InChI is InChI=1S/C22H26N2O4/c25-21(23-16-20-6-5-15-27-20)17-28-22(26)12-9-18-7-10-19(11-8-18)24-13-3-1-2-4-14-24/h5-12,15H,1-4,13-14,16-17H2,(H,23,25)/b12-9+. The summed E-state index contributed by atoms with van der Waals surface area (Å²) in [5.74, 6) is -0.284. The molecule has 0 atom stereocenters. The number of nitrogens with one attached hydrogen (secondary N) is 1. The number of rotatable bonds is 7. The van der Waals surface area contributed by atoms with Crippen molar-refractivity contribution in [3.8, 4) is 0 Å². The number of nitrogens with zero attached hydrogens (tertiary/aromatic N) is 1. The Kier molecular flexibility index (Phi) is 7.29. The molecule has 1 aliphatic heterocycles. The molecule has 28 heavy (non-hydrogen) atoms. The van der Waals surface area contributed by atoms with Gasteiger partial charge in [-0.2, -0.15) is 0 Å². The van der Waals surface area contributed by atoms with E-state index in [0.717, 1.165) is 18.7 Å². The van der Waals surface area contributed by atoms with Gasteiger partial charge >= 0.3 is 5.97 Å². The molecule has 1 aromatic carbocycles. The lowest BCUT2D eigenvalue weighted by Gasteiger charge is -2.22. The van der Waals surface area contributed by atoms with Crippen molar-refractivity contribution in [2.45, 2.75) is 32.2 Å². The van der Waals surface area contributed by atoms with Gasteiger partial charge in [0.2, 0.25) is 0 Å². The van der Waals surface area contributed by atoms with Crippen LogP contribution in [-0.2, 0) is 20.9 Å². The first-order valence-electron chi connectivity index (χ1n) is 9.69. The normalized spacial score (nSPS) is 14.6. The molecule has 6 heteroatoms. The van der Waals surface area contributed by atoms with Crippen LogP contribution in [0.5, 0.6) is 0 Å². The number of esters is 1. The molecule has 0 spiro atoms. The molecule has 0 radical (unpaired) electrons. The van der Waals surface area contributed by atoms with E-state index in [-0.39, 0.29) is 19.1 Å². The smallest absolute Gasteiger partial charge is 0.331 e. The quantitative estimate of drug-likeness (QED) is 0.586. The van der Waals surface area contributed by atoms with Gasteiger partial charge in [0, 0.05) is 24.9 Å². The van der Waals surface area contributed by atoms with Gasteiger partial charge in [-0.15, -0.1) is 0 Å². The zero-order valence-corrected chi connectivity index (χ0v) is 15.9. The number of carbonyl (C=O) groups is 2. The first-order valence-corrected chi connectivity index (χ1v) is 9.69. The zero-order valence-electron chi connectivity index (χ0n) is 15.9. The molecule has 0 saturated carbocycles. The number of hydrogen-bond acceptors (Lipinski definition) is 5. The predicted octanol–water partition coefficient (Wildman–Crippen LogP) is 3.53. The minimum Gasteiger partial charge on any atom is -0.467 e. The molecular weight excluding hydrogens is 356 g/mol. The van der Waals surface area contributed by atoms with Gasteiger partial charge in [-0.05, 0) is 48.7 Å². The lowest BCUT2D eigenvalue weighted by atomic mass is 10.1. The molecule has 2 aromatic rings. The van der Waals surface area contributed by atoms with Crippen LogP contribution in [0.2, 0.25) is 0 Å². The SMILES string of the molecule is O=C(COC(=O)/C=C/c1ccc(N2CCCCCC2)cc1)NCc1ccco1. The molecule has 0 aliphatic carbocycles. The summed E-state index contributed by atoms with van der Waals surface area (Å²) in [6.07, 6.45) is 9.65. The predicted molar refractivity (Wildman–Crippen MR) is 108 cm³/mol. The van der Waals surface area contributed by atoms with E-state index >= 15 is 0 Å². The summed E-state index contributed by atoms with van der Waals surface area (Å²) < 4.78 is 10.1. The number of hydrogen-bond donors (Lipinski definition) is 1. The van der Waals surface area contributed by atoms with E-state index in [1.54, 1.807) is 18.2 Å². The third-order valence-electron chi connectivity index (χ3n) is 4.66. The summed E-state index contributed by atoms with van der Waals surface area (Å²) in [7, 11) is 0. The van der Waals surface area contributed by atoms with E-state index < -0.39 is 5.97 Å². The third kappa shape index (κ3) is 6.30. The van der Waals surface area contributed by atoms with Crippen LogP contribution in [-0.4, -0.2) is 31.6 Å². The lowest BCUT2D eigenvalue weighted by Crippen LogP contribution is -2.27. The Balaban J connectivity index is 1.41. The van der Waals surface area contributed by atoms with E-state index in [0.29, 0.717) is 5.76 Å². The summed E-state index contributed by atoms with van der Waals surface area (Å²) in [6, 6.07) is 11.6. The maximum absolute atomic E-state index is 11.8. The highest BCUT2D eigenvalue weighted by Crippen LogP contribution is 2.20. The average molecular weight is 382 g/mol. The molecule has 1 N–H and O–H groups in total. The van der Waals surface area contributed by atoms with Crippen LogP contribution in [0.4, 0.5) is 5.69 Å². The van der Waals surface area contributed by atoms with Crippen molar-refractivity contribution in [1.82, 2.24) is 5.32 Å². The van der Waals surface area contributed by atoms with Crippen LogP contribution >= 0.6 is 0 Å². The van der Waals surface area contributed by atoms with E-state index in [2.05, 4.69) is 22.3 Å². The Morgan fingerprint density at radius 2 is 1.82 bits per heavy atom. The number of ether oxygens (including phenoxy) is 1. The first-order chi connectivity index (χ1) is 13.7. The highest BCUT2D eigenvalue weighted by molar-refractivity contribution is 5.89. The minimum atomic E-state index is -0.551. The fraction of sp³-hybridized carbons (Fsp3) is 0.364. The summed E-state index contributed by atoms with van der Waals surface area (Å²) in [6.45, 7) is 2.15. The second kappa shape index (κ2) is 10.3. The molecule has 1 saturated heterocycles. The van der Waals surface area contributed by atoms with Crippen molar-refractivity contribution in [3.05, 3.63) is 60.1 Å². The fourth-order valence-electron chi connectivity index (χ4n) is 3.12. The second-order valence-electron chi connectivity index (χ2n) is 6.79. The Hall–Kier alpha value is -3.02. The van der Waals surface area contributed by atoms with Gasteiger partial charge in [0.05, 0.1) is 12.8 Å². The highest BCUT2D eigenvalue weighted by atomic mass is 16.5. The van der Waals surface area contributed by atoms with E-state index in [1.165, 1.54) is 43.7 Å². The topological polar surface area (TPSA) is 71.8 Å². The van der Waals surface area contributed by atoms with Crippen molar-refractivity contribution < 1.29 is 18.7 Å². The summed E-state index contributed by atoms with van der Waals surface area (Å²) in [5.41, 5.74) is 2.13. The monoisotopic (exact) mass is 382 g/mol. The number of carbonyl (C=O) groups excluding carboxylic acids is 2. The van der Waals surface area contributed by atoms with Gasteiger partial charge in [0.1, 0.15) is 5.76 Å². The van der Waals surface area contributed by atoms with Crippen molar-refractivity contribution in [1.29, 1.82) is 0 Å². The summed E-state index contributed by atoms with van der Waals surface area (Å²) in [5, 5.41) is 2.62. The van der Waals surface area contributed by atoms with Gasteiger partial charge in [0.25, 0.3) is 5.91 Å².